The molecule has 270 valence electrons. The van der Waals surface area contributed by atoms with Crippen LogP contribution in [-0.2, 0) is 38.2 Å². The fourth-order valence-corrected chi connectivity index (χ4v) is 8.44. The molecule has 3 aromatic carbocycles. The van der Waals surface area contributed by atoms with E-state index in [4.69, 9.17) is 0 Å². The molecule has 0 spiro atoms. The normalized spacial score (nSPS) is 19.5. The van der Waals surface area contributed by atoms with Gasteiger partial charge in [0.2, 0.25) is 11.8 Å². The number of phenols is 1. The average Bonchev–Trinajstić information content (AvgIpc) is 3.77. The number of hydrogen-bond donors (Lipinski definition) is 3. The lowest BCUT2D eigenvalue weighted by molar-refractivity contribution is -0.135. The van der Waals surface area contributed by atoms with Crippen molar-refractivity contribution < 1.29 is 32.3 Å². The third-order valence-corrected chi connectivity index (χ3v) is 11.4. The van der Waals surface area contributed by atoms with Crippen LogP contribution in [-0.4, -0.2) is 94.3 Å². The molecule has 3 saturated heterocycles. The standard InChI is InChI=1S/C34H34FN9O7S/c1-39-27-16-23(4-5-25(27)44(34(39)49)26-6-7-29(46)37-33(26)48)41-11-8-40(9-12-41)10-13-42-18-22(17-36-42)20-2-3-21-15-28(45)32(31(35)24(21)14-20)43-19-30(47)38-52(43,50)51/h2-5,14-18,26,45H,6-13,19H2,1H3,(H,38,47)(H,37,46,48). The van der Waals surface area contributed by atoms with Gasteiger partial charge in [0.05, 0.1) is 23.8 Å². The highest BCUT2D eigenvalue weighted by atomic mass is 32.2. The Balaban J connectivity index is 0.921. The molecule has 5 aromatic rings. The summed E-state index contributed by atoms with van der Waals surface area (Å²) in [5, 5.41) is 17.7. The number of carbonyl (C=O) groups excluding carboxylic acids is 3. The first-order valence-corrected chi connectivity index (χ1v) is 18.2. The van der Waals surface area contributed by atoms with Crippen molar-refractivity contribution >= 4 is 61.1 Å². The van der Waals surface area contributed by atoms with E-state index >= 15 is 4.39 Å². The van der Waals surface area contributed by atoms with Crippen LogP contribution in [0.1, 0.15) is 18.9 Å². The van der Waals surface area contributed by atoms with Gasteiger partial charge in [-0.25, -0.2) is 18.2 Å². The summed E-state index contributed by atoms with van der Waals surface area (Å²) >= 11 is 0. The van der Waals surface area contributed by atoms with E-state index < -0.39 is 51.9 Å². The van der Waals surface area contributed by atoms with E-state index in [0.717, 1.165) is 44.0 Å². The summed E-state index contributed by atoms with van der Waals surface area (Å²) in [4.78, 5) is 53.7. The summed E-state index contributed by atoms with van der Waals surface area (Å²) in [7, 11) is -2.65. The van der Waals surface area contributed by atoms with Gasteiger partial charge in [-0.1, -0.05) is 12.1 Å². The number of phenolic OH excluding ortho intramolecular Hbond substituents is 1. The first kappa shape index (κ1) is 33.4. The third-order valence-electron chi connectivity index (χ3n) is 10.0. The molecule has 52 heavy (non-hydrogen) atoms. The number of aromatic hydroxyl groups is 1. The number of nitrogens with one attached hydrogen (secondary N) is 2. The zero-order valence-electron chi connectivity index (χ0n) is 28.0. The minimum absolute atomic E-state index is 0.0822. The quantitative estimate of drug-likeness (QED) is 0.206. The molecule has 18 heteroatoms. The third kappa shape index (κ3) is 5.72. The number of imide groups is 1. The van der Waals surface area contributed by atoms with Crippen LogP contribution in [0.4, 0.5) is 15.8 Å². The molecule has 3 N–H and O–H groups in total. The Morgan fingerprint density at radius 2 is 1.73 bits per heavy atom. The molecule has 0 aliphatic carbocycles. The van der Waals surface area contributed by atoms with Gasteiger partial charge in [-0.3, -0.25) is 38.4 Å². The second-order valence-corrected chi connectivity index (χ2v) is 14.8. The predicted molar refractivity (Wildman–Crippen MR) is 188 cm³/mol. The number of aromatic nitrogens is 4. The second kappa shape index (κ2) is 12.5. The molecule has 3 amide bonds. The summed E-state index contributed by atoms with van der Waals surface area (Å²) < 4.78 is 47.6. The minimum atomic E-state index is -4.33. The highest BCUT2D eigenvalue weighted by molar-refractivity contribution is 7.92. The Hall–Kier alpha value is -5.75. The number of fused-ring (bicyclic) bond motifs is 2. The number of halogens is 1. The van der Waals surface area contributed by atoms with E-state index in [0.29, 0.717) is 32.8 Å². The number of piperidine rings is 1. The Morgan fingerprint density at radius 3 is 2.46 bits per heavy atom. The van der Waals surface area contributed by atoms with Crippen LogP contribution >= 0.6 is 0 Å². The fraction of sp³-hybridized carbons (Fsp3) is 0.324. The van der Waals surface area contributed by atoms with Crippen LogP contribution < -0.4 is 24.9 Å². The molecule has 3 fully saturated rings. The fourth-order valence-electron chi connectivity index (χ4n) is 7.28. The van der Waals surface area contributed by atoms with Gasteiger partial charge in [-0.15, -0.1) is 0 Å². The van der Waals surface area contributed by atoms with Crippen LogP contribution in [0.2, 0.25) is 0 Å². The van der Waals surface area contributed by atoms with Crippen LogP contribution in [0.5, 0.6) is 5.75 Å². The molecule has 1 atom stereocenters. The maximum atomic E-state index is 15.7. The summed E-state index contributed by atoms with van der Waals surface area (Å²) in [5.41, 5.74) is 2.81. The first-order chi connectivity index (χ1) is 24.9. The minimum Gasteiger partial charge on any atom is -0.506 e. The molecule has 3 aliphatic rings. The lowest BCUT2D eigenvalue weighted by atomic mass is 10.0. The van der Waals surface area contributed by atoms with Crippen molar-refractivity contribution in [2.75, 3.05) is 48.5 Å². The van der Waals surface area contributed by atoms with Crippen LogP contribution in [0.15, 0.2) is 59.7 Å². The van der Waals surface area contributed by atoms with Gasteiger partial charge in [0.1, 0.15) is 24.0 Å². The molecule has 8 rings (SSSR count). The number of piperazine rings is 1. The second-order valence-electron chi connectivity index (χ2n) is 13.2. The predicted octanol–water partition coefficient (Wildman–Crippen LogP) is 1.18. The number of hydrogen-bond acceptors (Lipinski definition) is 10. The highest BCUT2D eigenvalue weighted by Gasteiger charge is 2.38. The molecule has 2 aromatic heterocycles. The maximum absolute atomic E-state index is 15.7. The molecule has 1 unspecified atom stereocenters. The molecular weight excluding hydrogens is 697 g/mol. The van der Waals surface area contributed by atoms with E-state index in [9.17, 15) is 32.7 Å². The summed E-state index contributed by atoms with van der Waals surface area (Å²) in [6.07, 6.45) is 3.98. The number of imidazole rings is 1. The van der Waals surface area contributed by atoms with Gasteiger partial charge >= 0.3 is 15.9 Å². The molecule has 0 bridgehead atoms. The van der Waals surface area contributed by atoms with E-state index in [2.05, 4.69) is 20.2 Å². The van der Waals surface area contributed by atoms with Gasteiger partial charge in [-0.2, -0.15) is 13.5 Å². The average molecular weight is 732 g/mol. The van der Waals surface area contributed by atoms with E-state index in [1.807, 2.05) is 24.4 Å². The molecule has 5 heterocycles. The Morgan fingerprint density at radius 1 is 0.942 bits per heavy atom. The number of amides is 3. The van der Waals surface area contributed by atoms with E-state index in [1.54, 1.807) is 40.8 Å². The van der Waals surface area contributed by atoms with Gasteiger partial charge in [0, 0.05) is 69.0 Å². The lowest BCUT2D eigenvalue weighted by Crippen LogP contribution is -2.47. The van der Waals surface area contributed by atoms with E-state index in [1.165, 1.54) is 15.2 Å². The SMILES string of the molecule is Cn1c(=O)n(C2CCC(=O)NC2=O)c2ccc(N3CCN(CCn4cc(-c5ccc6cc(O)c(N7CC(=O)NS7(=O)=O)c(F)c6c5)cn4)CC3)cc21. The molecule has 0 radical (unpaired) electrons. The van der Waals surface area contributed by atoms with Gasteiger partial charge in [-0.05, 0) is 47.7 Å². The summed E-state index contributed by atoms with van der Waals surface area (Å²) in [5.74, 6) is -3.18. The molecule has 0 saturated carbocycles. The molecule has 16 nitrogen and oxygen atoms in total. The number of aryl methyl sites for hydroxylation is 1. The Labute approximate surface area is 295 Å². The van der Waals surface area contributed by atoms with Crippen molar-refractivity contribution in [3.8, 4) is 16.9 Å². The van der Waals surface area contributed by atoms with Crippen molar-refractivity contribution in [3.63, 3.8) is 0 Å². The zero-order valence-corrected chi connectivity index (χ0v) is 28.8. The number of nitrogens with zero attached hydrogens (tertiary/aromatic N) is 7. The molecule has 3 aliphatic heterocycles. The van der Waals surface area contributed by atoms with Gasteiger partial charge < -0.3 is 10.0 Å². The van der Waals surface area contributed by atoms with Crippen LogP contribution in [0.3, 0.4) is 0 Å². The zero-order chi connectivity index (χ0) is 36.5. The topological polar surface area (TPSA) is 184 Å². The van der Waals surface area contributed by atoms with Crippen molar-refractivity contribution in [1.29, 1.82) is 0 Å². The lowest BCUT2D eigenvalue weighted by Gasteiger charge is -2.36. The summed E-state index contributed by atoms with van der Waals surface area (Å²) in [6, 6.07) is 11.3. The van der Waals surface area contributed by atoms with Crippen molar-refractivity contribution in [3.05, 3.63) is 71.2 Å². The van der Waals surface area contributed by atoms with Crippen molar-refractivity contribution in [2.24, 2.45) is 7.05 Å². The smallest absolute Gasteiger partial charge is 0.329 e. The monoisotopic (exact) mass is 731 g/mol. The number of benzene rings is 3. The van der Waals surface area contributed by atoms with Gasteiger partial charge in [0.25, 0.3) is 5.91 Å². The maximum Gasteiger partial charge on any atom is 0.329 e. The number of rotatable bonds is 7. The largest absolute Gasteiger partial charge is 0.506 e. The van der Waals surface area contributed by atoms with Crippen molar-refractivity contribution in [1.82, 2.24) is 33.9 Å². The van der Waals surface area contributed by atoms with Crippen LogP contribution in [0, 0.1) is 5.82 Å². The van der Waals surface area contributed by atoms with E-state index in [-0.39, 0.29) is 29.8 Å². The summed E-state index contributed by atoms with van der Waals surface area (Å²) in [6.45, 7) is 3.84. The molecular formula is C34H34FN9O7S. The Bertz CT molecular complexity index is 2480. The van der Waals surface area contributed by atoms with Gasteiger partial charge in [0.15, 0.2) is 5.82 Å². The highest BCUT2D eigenvalue weighted by Crippen LogP contribution is 2.39. The van der Waals surface area contributed by atoms with Crippen molar-refractivity contribution in [2.45, 2.75) is 25.4 Å². The van der Waals surface area contributed by atoms with Crippen LogP contribution in [0.25, 0.3) is 32.9 Å². The Kier molecular flexibility index (Phi) is 8.02. The number of carbonyl (C=O) groups is 3. The number of anilines is 2. The first-order valence-electron chi connectivity index (χ1n) is 16.7.